The molecular formula is C48H29N5. The SMILES string of the molecule is c1ccc(-n2c3ccc(-c4ccc5c(c4)c4ccccc4n5-c4nc5ccccc5c5nc6ccccc6n45)cc3c3ccc4ccccc4c32)cc1. The van der Waals surface area contributed by atoms with Crippen molar-refractivity contribution in [2.45, 2.75) is 0 Å². The van der Waals surface area contributed by atoms with Gasteiger partial charge in [0.2, 0.25) is 5.95 Å². The van der Waals surface area contributed by atoms with Crippen molar-refractivity contribution >= 4 is 82.0 Å². The number of imidazole rings is 1. The van der Waals surface area contributed by atoms with Crippen LogP contribution in [0.3, 0.4) is 0 Å². The molecule has 0 aliphatic carbocycles. The van der Waals surface area contributed by atoms with Gasteiger partial charge < -0.3 is 4.57 Å². The molecule has 0 radical (unpaired) electrons. The second-order valence-electron chi connectivity index (χ2n) is 13.9. The van der Waals surface area contributed by atoms with E-state index in [1.807, 2.05) is 12.1 Å². The predicted octanol–water partition coefficient (Wildman–Crippen LogP) is 12.1. The third-order valence-corrected chi connectivity index (χ3v) is 11.0. The zero-order valence-corrected chi connectivity index (χ0v) is 28.5. The minimum absolute atomic E-state index is 0.828. The van der Waals surface area contributed by atoms with E-state index in [9.17, 15) is 0 Å². The van der Waals surface area contributed by atoms with Crippen LogP contribution in [0.25, 0.3) is 105 Å². The van der Waals surface area contributed by atoms with Gasteiger partial charge in [-0.05, 0) is 83.2 Å². The fraction of sp³-hybridized carbons (Fsp3) is 0. The van der Waals surface area contributed by atoms with Gasteiger partial charge in [-0.3, -0.25) is 8.97 Å². The minimum atomic E-state index is 0.828. The molecule has 0 unspecified atom stereocenters. The molecule has 246 valence electrons. The normalized spacial score (nSPS) is 12.2. The van der Waals surface area contributed by atoms with Crippen molar-refractivity contribution in [1.82, 2.24) is 23.5 Å². The van der Waals surface area contributed by atoms with Gasteiger partial charge in [0.05, 0.1) is 38.6 Å². The lowest BCUT2D eigenvalue weighted by Gasteiger charge is -2.12. The summed E-state index contributed by atoms with van der Waals surface area (Å²) in [6.45, 7) is 0. The molecule has 0 atom stereocenters. The molecule has 0 aliphatic heterocycles. The third-order valence-electron chi connectivity index (χ3n) is 11.0. The lowest BCUT2D eigenvalue weighted by molar-refractivity contribution is 0.979. The van der Waals surface area contributed by atoms with E-state index in [0.717, 1.165) is 50.3 Å². The molecule has 12 aromatic rings. The molecule has 5 heteroatoms. The van der Waals surface area contributed by atoms with E-state index >= 15 is 0 Å². The van der Waals surface area contributed by atoms with Crippen LogP contribution in [0.2, 0.25) is 0 Å². The molecule has 0 saturated carbocycles. The van der Waals surface area contributed by atoms with Crippen molar-refractivity contribution in [1.29, 1.82) is 0 Å². The lowest BCUT2D eigenvalue weighted by Crippen LogP contribution is -2.06. The molecule has 0 aliphatic rings. The number of para-hydroxylation sites is 5. The maximum atomic E-state index is 5.34. The molecular weight excluding hydrogens is 647 g/mol. The first kappa shape index (κ1) is 28.5. The summed E-state index contributed by atoms with van der Waals surface area (Å²) in [7, 11) is 0. The van der Waals surface area contributed by atoms with E-state index in [-0.39, 0.29) is 0 Å². The monoisotopic (exact) mass is 675 g/mol. The van der Waals surface area contributed by atoms with Crippen LogP contribution in [-0.4, -0.2) is 23.5 Å². The van der Waals surface area contributed by atoms with Crippen LogP contribution in [0.1, 0.15) is 0 Å². The highest BCUT2D eigenvalue weighted by Gasteiger charge is 2.21. The quantitative estimate of drug-likeness (QED) is 0.187. The molecule has 5 nitrogen and oxygen atoms in total. The number of aromatic nitrogens is 5. The molecule has 8 aromatic carbocycles. The highest BCUT2D eigenvalue weighted by atomic mass is 15.2. The van der Waals surface area contributed by atoms with E-state index in [2.05, 4.69) is 177 Å². The Bertz CT molecular complexity index is 3460. The van der Waals surface area contributed by atoms with Crippen LogP contribution in [0, 0.1) is 0 Å². The maximum Gasteiger partial charge on any atom is 0.221 e. The summed E-state index contributed by atoms with van der Waals surface area (Å²) < 4.78 is 6.95. The van der Waals surface area contributed by atoms with E-state index in [1.165, 1.54) is 54.5 Å². The first-order valence-electron chi connectivity index (χ1n) is 18.0. The average Bonchev–Trinajstić information content (AvgIpc) is 3.89. The molecule has 4 heterocycles. The van der Waals surface area contributed by atoms with Gasteiger partial charge in [-0.1, -0.05) is 109 Å². The Morgan fingerprint density at radius 2 is 0.962 bits per heavy atom. The first-order valence-corrected chi connectivity index (χ1v) is 18.0. The van der Waals surface area contributed by atoms with Gasteiger partial charge in [0, 0.05) is 38.0 Å². The first-order chi connectivity index (χ1) is 26.3. The van der Waals surface area contributed by atoms with E-state index in [1.54, 1.807) is 0 Å². The van der Waals surface area contributed by atoms with Crippen molar-refractivity contribution < 1.29 is 0 Å². The van der Waals surface area contributed by atoms with Crippen molar-refractivity contribution in [2.24, 2.45) is 0 Å². The van der Waals surface area contributed by atoms with Crippen molar-refractivity contribution in [3.8, 4) is 22.8 Å². The topological polar surface area (TPSA) is 40.0 Å². The van der Waals surface area contributed by atoms with Crippen molar-refractivity contribution in [2.75, 3.05) is 0 Å². The predicted molar refractivity (Wildman–Crippen MR) is 220 cm³/mol. The van der Waals surface area contributed by atoms with Crippen LogP contribution < -0.4 is 0 Å². The Balaban J connectivity index is 1.12. The van der Waals surface area contributed by atoms with Crippen molar-refractivity contribution in [3.05, 3.63) is 176 Å². The Morgan fingerprint density at radius 1 is 0.358 bits per heavy atom. The molecule has 12 rings (SSSR count). The Kier molecular flexibility index (Phi) is 5.71. The largest absolute Gasteiger partial charge is 0.309 e. The Hall–Kier alpha value is -7.24. The molecule has 0 fully saturated rings. The second-order valence-corrected chi connectivity index (χ2v) is 13.9. The smallest absolute Gasteiger partial charge is 0.221 e. The van der Waals surface area contributed by atoms with Crippen LogP contribution in [0.5, 0.6) is 0 Å². The molecule has 0 amide bonds. The van der Waals surface area contributed by atoms with E-state index < -0.39 is 0 Å². The zero-order valence-electron chi connectivity index (χ0n) is 28.5. The summed E-state index contributed by atoms with van der Waals surface area (Å²) in [4.78, 5) is 10.5. The Labute approximate surface area is 303 Å². The minimum Gasteiger partial charge on any atom is -0.309 e. The second kappa shape index (κ2) is 10.6. The van der Waals surface area contributed by atoms with Crippen LogP contribution in [-0.2, 0) is 0 Å². The third kappa shape index (κ3) is 3.96. The van der Waals surface area contributed by atoms with Crippen molar-refractivity contribution in [3.63, 3.8) is 0 Å². The lowest BCUT2D eigenvalue weighted by atomic mass is 10.00. The van der Waals surface area contributed by atoms with E-state index in [0.29, 0.717) is 0 Å². The molecule has 53 heavy (non-hydrogen) atoms. The molecule has 0 bridgehead atoms. The summed E-state index contributed by atoms with van der Waals surface area (Å²) in [5.41, 5.74) is 12.0. The average molecular weight is 676 g/mol. The van der Waals surface area contributed by atoms with E-state index in [4.69, 9.17) is 9.97 Å². The number of benzene rings is 8. The number of nitrogens with zero attached hydrogens (tertiary/aromatic N) is 5. The standard InChI is InChI=1S/C48H29N5/c1-2-13-33(14-3-1)51-43-26-23-32(29-39(43)36-25-22-30-12-4-5-15-34(30)46(36)51)31-24-27-44-38(28-31)35-16-7-10-20-42(35)52(44)48-50-40-18-8-6-17-37(40)47-49-41-19-9-11-21-45(41)53(47)48/h1-29H. The molecule has 0 N–H and O–H groups in total. The summed E-state index contributed by atoms with van der Waals surface area (Å²) >= 11 is 0. The van der Waals surface area contributed by atoms with Gasteiger partial charge in [-0.2, -0.15) is 0 Å². The van der Waals surface area contributed by atoms with Crippen LogP contribution in [0.4, 0.5) is 0 Å². The van der Waals surface area contributed by atoms with Crippen LogP contribution >= 0.6 is 0 Å². The number of hydrogen-bond donors (Lipinski definition) is 0. The number of fused-ring (bicyclic) bond motifs is 13. The van der Waals surface area contributed by atoms with Crippen LogP contribution in [0.15, 0.2) is 176 Å². The summed E-state index contributed by atoms with van der Waals surface area (Å²) in [5.74, 6) is 0.828. The fourth-order valence-electron chi connectivity index (χ4n) is 8.65. The maximum absolute atomic E-state index is 5.34. The fourth-order valence-corrected chi connectivity index (χ4v) is 8.65. The van der Waals surface area contributed by atoms with Gasteiger partial charge in [0.25, 0.3) is 0 Å². The zero-order chi connectivity index (χ0) is 34.6. The number of rotatable bonds is 3. The Morgan fingerprint density at radius 3 is 1.77 bits per heavy atom. The van der Waals surface area contributed by atoms with Gasteiger partial charge in [-0.25, -0.2) is 9.97 Å². The van der Waals surface area contributed by atoms with Gasteiger partial charge in [0.1, 0.15) is 5.65 Å². The highest BCUT2D eigenvalue weighted by Crippen LogP contribution is 2.40. The molecule has 4 aromatic heterocycles. The number of hydrogen-bond acceptors (Lipinski definition) is 2. The summed E-state index contributed by atoms with van der Waals surface area (Å²) in [6, 6.07) is 63.1. The van der Waals surface area contributed by atoms with Gasteiger partial charge in [0.15, 0.2) is 0 Å². The molecule has 0 saturated heterocycles. The van der Waals surface area contributed by atoms with Gasteiger partial charge >= 0.3 is 0 Å². The summed E-state index contributed by atoms with van der Waals surface area (Å²) in [5, 5.41) is 8.39. The highest BCUT2D eigenvalue weighted by molar-refractivity contribution is 6.19. The summed E-state index contributed by atoms with van der Waals surface area (Å²) in [6.07, 6.45) is 0. The molecule has 0 spiro atoms. The van der Waals surface area contributed by atoms with Gasteiger partial charge in [-0.15, -0.1) is 0 Å².